The molecule has 17 heavy (non-hydrogen) atoms. The monoisotopic (exact) mass is 310 g/mol. The van der Waals surface area contributed by atoms with Gasteiger partial charge in [0.15, 0.2) is 5.78 Å². The molecule has 0 aromatic heterocycles. The molecule has 1 nitrogen and oxygen atoms in total. The van der Waals surface area contributed by atoms with E-state index in [-0.39, 0.29) is 12.2 Å². The molecule has 1 aromatic rings. The molecule has 5 heteroatoms. The van der Waals surface area contributed by atoms with Gasteiger partial charge in [0, 0.05) is 6.42 Å². The predicted molar refractivity (Wildman–Crippen MR) is 75.0 cm³/mol. The zero-order valence-electron chi connectivity index (χ0n) is 8.75. The molecule has 0 aliphatic heterocycles. The van der Waals surface area contributed by atoms with Gasteiger partial charge in [0.05, 0.1) is 5.38 Å². The standard InChI is InChI=1S/C12H10Cl4O/c13-11(12(14,15)16)8-10(17)7-6-9-4-2-1-3-5-9/h1-7,11H,8H2/b7-6+. The Morgan fingerprint density at radius 1 is 1.24 bits per heavy atom. The number of rotatable bonds is 4. The van der Waals surface area contributed by atoms with Crippen molar-refractivity contribution < 1.29 is 4.79 Å². The summed E-state index contributed by atoms with van der Waals surface area (Å²) in [5.41, 5.74) is 0.931. The van der Waals surface area contributed by atoms with Crippen LogP contribution in [0.3, 0.4) is 0 Å². The lowest BCUT2D eigenvalue weighted by Gasteiger charge is -2.15. The van der Waals surface area contributed by atoms with E-state index >= 15 is 0 Å². The van der Waals surface area contributed by atoms with Crippen molar-refractivity contribution in [2.75, 3.05) is 0 Å². The topological polar surface area (TPSA) is 17.1 Å². The second-order valence-electron chi connectivity index (χ2n) is 3.42. The van der Waals surface area contributed by atoms with Crippen LogP contribution in [0.15, 0.2) is 36.4 Å². The fraction of sp³-hybridized carbons (Fsp3) is 0.250. The Bertz CT molecular complexity index is 395. The summed E-state index contributed by atoms with van der Waals surface area (Å²) in [6.45, 7) is 0. The fourth-order valence-electron chi connectivity index (χ4n) is 1.11. The van der Waals surface area contributed by atoms with E-state index in [1.54, 1.807) is 6.08 Å². The van der Waals surface area contributed by atoms with Crippen molar-refractivity contribution >= 4 is 58.3 Å². The Labute approximate surface area is 120 Å². The van der Waals surface area contributed by atoms with Crippen molar-refractivity contribution in [3.63, 3.8) is 0 Å². The van der Waals surface area contributed by atoms with Crippen molar-refractivity contribution in [3.8, 4) is 0 Å². The van der Waals surface area contributed by atoms with E-state index in [2.05, 4.69) is 0 Å². The van der Waals surface area contributed by atoms with Crippen molar-refractivity contribution in [2.24, 2.45) is 0 Å². The number of hydrogen-bond donors (Lipinski definition) is 0. The number of hydrogen-bond acceptors (Lipinski definition) is 1. The molecule has 0 aliphatic rings. The summed E-state index contributed by atoms with van der Waals surface area (Å²) < 4.78 is -1.63. The highest BCUT2D eigenvalue weighted by Gasteiger charge is 2.31. The van der Waals surface area contributed by atoms with Crippen LogP contribution in [0.1, 0.15) is 12.0 Å². The summed E-state index contributed by atoms with van der Waals surface area (Å²) in [6.07, 6.45) is 3.12. The first-order chi connectivity index (χ1) is 7.89. The normalized spacial score (nSPS) is 13.9. The lowest BCUT2D eigenvalue weighted by molar-refractivity contribution is -0.114. The molecular weight excluding hydrogens is 302 g/mol. The average molecular weight is 312 g/mol. The van der Waals surface area contributed by atoms with E-state index in [0.717, 1.165) is 5.56 Å². The summed E-state index contributed by atoms with van der Waals surface area (Å²) in [5, 5.41) is -0.833. The number of allylic oxidation sites excluding steroid dienone is 1. The number of benzene rings is 1. The molecule has 1 unspecified atom stereocenters. The number of ketones is 1. The van der Waals surface area contributed by atoms with Crippen molar-refractivity contribution in [2.45, 2.75) is 15.6 Å². The Morgan fingerprint density at radius 2 is 1.82 bits per heavy atom. The van der Waals surface area contributed by atoms with Gasteiger partial charge in [0.2, 0.25) is 3.79 Å². The molecule has 0 saturated heterocycles. The average Bonchev–Trinajstić information content (AvgIpc) is 2.26. The van der Waals surface area contributed by atoms with Gasteiger partial charge in [-0.1, -0.05) is 71.2 Å². The number of alkyl halides is 4. The third kappa shape index (κ3) is 5.78. The summed E-state index contributed by atoms with van der Waals surface area (Å²) >= 11 is 22.5. The van der Waals surface area contributed by atoms with Crippen LogP contribution in [0.2, 0.25) is 0 Å². The first-order valence-corrected chi connectivity index (χ1v) is 6.43. The molecule has 0 saturated carbocycles. The Hall–Kier alpha value is -0.210. The maximum atomic E-state index is 11.5. The van der Waals surface area contributed by atoms with Crippen molar-refractivity contribution in [1.82, 2.24) is 0 Å². The van der Waals surface area contributed by atoms with Crippen LogP contribution in [-0.2, 0) is 4.79 Å². The zero-order valence-corrected chi connectivity index (χ0v) is 11.8. The number of carbonyl (C=O) groups excluding carboxylic acids is 1. The number of carbonyl (C=O) groups is 1. The largest absolute Gasteiger partial charge is 0.295 e. The van der Waals surface area contributed by atoms with Gasteiger partial charge in [-0.05, 0) is 11.6 Å². The van der Waals surface area contributed by atoms with Crippen LogP contribution in [0, 0.1) is 0 Å². The van der Waals surface area contributed by atoms with E-state index in [0.29, 0.717) is 0 Å². The molecule has 0 spiro atoms. The first-order valence-electron chi connectivity index (χ1n) is 4.86. The maximum absolute atomic E-state index is 11.5. The molecule has 0 heterocycles. The third-order valence-corrected chi connectivity index (χ3v) is 3.60. The fourth-order valence-corrected chi connectivity index (χ4v) is 1.50. The highest BCUT2D eigenvalue weighted by atomic mass is 35.6. The lowest BCUT2D eigenvalue weighted by Crippen LogP contribution is -2.22. The van der Waals surface area contributed by atoms with E-state index < -0.39 is 9.17 Å². The van der Waals surface area contributed by atoms with Gasteiger partial charge >= 0.3 is 0 Å². The van der Waals surface area contributed by atoms with Gasteiger partial charge < -0.3 is 0 Å². The van der Waals surface area contributed by atoms with Crippen LogP contribution < -0.4 is 0 Å². The molecule has 0 radical (unpaired) electrons. The summed E-state index contributed by atoms with van der Waals surface area (Å²) in [4.78, 5) is 11.5. The van der Waals surface area contributed by atoms with E-state index in [1.807, 2.05) is 30.3 Å². The summed E-state index contributed by atoms with van der Waals surface area (Å²) in [6, 6.07) is 9.44. The molecular formula is C12H10Cl4O. The van der Waals surface area contributed by atoms with Gasteiger partial charge in [-0.2, -0.15) is 0 Å². The van der Waals surface area contributed by atoms with Gasteiger partial charge in [0.25, 0.3) is 0 Å². The molecule has 0 fully saturated rings. The molecule has 1 atom stereocenters. The maximum Gasteiger partial charge on any atom is 0.207 e. The second-order valence-corrected chi connectivity index (χ2v) is 6.32. The van der Waals surface area contributed by atoms with E-state index in [4.69, 9.17) is 46.4 Å². The quantitative estimate of drug-likeness (QED) is 0.585. The van der Waals surface area contributed by atoms with Gasteiger partial charge in [0.1, 0.15) is 0 Å². The minimum absolute atomic E-state index is 0.0125. The van der Waals surface area contributed by atoms with E-state index in [1.165, 1.54) is 6.08 Å². The summed E-state index contributed by atoms with van der Waals surface area (Å²) in [7, 11) is 0. The van der Waals surface area contributed by atoms with Crippen LogP contribution in [0.4, 0.5) is 0 Å². The third-order valence-electron chi connectivity index (χ3n) is 2.00. The minimum Gasteiger partial charge on any atom is -0.295 e. The molecule has 0 bridgehead atoms. The van der Waals surface area contributed by atoms with Crippen molar-refractivity contribution in [1.29, 1.82) is 0 Å². The second kappa shape index (κ2) is 6.65. The smallest absolute Gasteiger partial charge is 0.207 e. The molecule has 0 aliphatic carbocycles. The Balaban J connectivity index is 2.54. The number of halogens is 4. The molecule has 92 valence electrons. The Kier molecular flexibility index (Phi) is 5.81. The molecule has 0 N–H and O–H groups in total. The van der Waals surface area contributed by atoms with Crippen molar-refractivity contribution in [3.05, 3.63) is 42.0 Å². The SMILES string of the molecule is O=C(/C=C/c1ccccc1)CC(Cl)C(Cl)(Cl)Cl. The first kappa shape index (κ1) is 14.8. The molecule has 0 amide bonds. The van der Waals surface area contributed by atoms with Gasteiger partial charge in [-0.15, -0.1) is 11.6 Å². The van der Waals surface area contributed by atoms with Gasteiger partial charge in [-0.3, -0.25) is 4.79 Å². The summed E-state index contributed by atoms with van der Waals surface area (Å²) in [5.74, 6) is -0.180. The molecule has 1 rings (SSSR count). The zero-order chi connectivity index (χ0) is 12.9. The van der Waals surface area contributed by atoms with Crippen LogP contribution >= 0.6 is 46.4 Å². The lowest BCUT2D eigenvalue weighted by atomic mass is 10.1. The Morgan fingerprint density at radius 3 is 2.35 bits per heavy atom. The highest BCUT2D eigenvalue weighted by molar-refractivity contribution is 6.70. The van der Waals surface area contributed by atoms with Crippen LogP contribution in [0.5, 0.6) is 0 Å². The van der Waals surface area contributed by atoms with Crippen LogP contribution in [-0.4, -0.2) is 15.0 Å². The minimum atomic E-state index is -1.63. The van der Waals surface area contributed by atoms with E-state index in [9.17, 15) is 4.79 Å². The molecule has 1 aromatic carbocycles. The highest BCUT2D eigenvalue weighted by Crippen LogP contribution is 2.35. The van der Waals surface area contributed by atoms with Crippen LogP contribution in [0.25, 0.3) is 6.08 Å². The van der Waals surface area contributed by atoms with Gasteiger partial charge in [-0.25, -0.2) is 0 Å². The predicted octanol–water partition coefficient (Wildman–Crippen LogP) is 4.64.